The average Bonchev–Trinajstić information content (AvgIpc) is 2.77. The average molecular weight is 279 g/mol. The highest BCUT2D eigenvalue weighted by Crippen LogP contribution is 2.18. The Morgan fingerprint density at radius 3 is 2.72 bits per heavy atom. The van der Waals surface area contributed by atoms with Gasteiger partial charge in [0.1, 0.15) is 0 Å². The lowest BCUT2D eigenvalue weighted by Crippen LogP contribution is -2.38. The Kier molecular flexibility index (Phi) is 5.97. The summed E-state index contributed by atoms with van der Waals surface area (Å²) in [5, 5.41) is 9.47. The first-order chi connectivity index (χ1) is 8.51. The van der Waals surface area contributed by atoms with Crippen molar-refractivity contribution in [1.82, 2.24) is 10.6 Å². The zero-order valence-corrected chi connectivity index (χ0v) is 10.9. The Balaban J connectivity index is 2.41. The molecular weight excluding hydrogens is 263 g/mol. The standard InChI is InChI=1S/C11H16F3N3S/c1-2-15-10(16-5-4-11(12,13)14)17-7-9-3-6-18-8-9/h3,6,8H,2,4-5,7H2,1H3,(H2,15,16,17). The monoisotopic (exact) mass is 279 g/mol. The van der Waals surface area contributed by atoms with E-state index in [0.29, 0.717) is 19.0 Å². The summed E-state index contributed by atoms with van der Waals surface area (Å²) in [5.41, 5.74) is 1.05. The SMILES string of the molecule is CCNC(=NCc1ccsc1)NCCC(F)(F)F. The summed E-state index contributed by atoms with van der Waals surface area (Å²) in [6.07, 6.45) is -5.01. The van der Waals surface area contributed by atoms with Crippen molar-refractivity contribution >= 4 is 17.3 Å². The van der Waals surface area contributed by atoms with Gasteiger partial charge in [0.25, 0.3) is 0 Å². The van der Waals surface area contributed by atoms with E-state index in [9.17, 15) is 13.2 Å². The van der Waals surface area contributed by atoms with Crippen LogP contribution in [-0.2, 0) is 6.54 Å². The zero-order valence-electron chi connectivity index (χ0n) is 10.0. The molecule has 1 aromatic rings. The largest absolute Gasteiger partial charge is 0.390 e. The third-order valence-corrected chi connectivity index (χ3v) is 2.78. The molecule has 1 aromatic heterocycles. The number of halogens is 3. The molecule has 2 N–H and O–H groups in total. The van der Waals surface area contributed by atoms with Crippen molar-refractivity contribution < 1.29 is 13.2 Å². The van der Waals surface area contributed by atoms with Gasteiger partial charge in [-0.3, -0.25) is 0 Å². The van der Waals surface area contributed by atoms with Gasteiger partial charge in [0.05, 0.1) is 13.0 Å². The lowest BCUT2D eigenvalue weighted by atomic mass is 10.3. The van der Waals surface area contributed by atoms with Gasteiger partial charge in [0.15, 0.2) is 5.96 Å². The highest BCUT2D eigenvalue weighted by molar-refractivity contribution is 7.07. The maximum absolute atomic E-state index is 12.0. The first-order valence-electron chi connectivity index (χ1n) is 5.61. The van der Waals surface area contributed by atoms with Gasteiger partial charge in [0, 0.05) is 13.1 Å². The van der Waals surface area contributed by atoms with Gasteiger partial charge in [-0.15, -0.1) is 0 Å². The van der Waals surface area contributed by atoms with E-state index in [1.165, 1.54) is 0 Å². The molecule has 1 rings (SSSR count). The summed E-state index contributed by atoms with van der Waals surface area (Å²) in [5.74, 6) is 0.410. The van der Waals surface area contributed by atoms with Crippen molar-refractivity contribution in [3.8, 4) is 0 Å². The molecule has 18 heavy (non-hydrogen) atoms. The van der Waals surface area contributed by atoms with Crippen molar-refractivity contribution in [2.24, 2.45) is 4.99 Å². The molecule has 0 saturated heterocycles. The molecule has 0 aliphatic carbocycles. The zero-order chi connectivity index (χ0) is 13.4. The molecule has 0 atom stereocenters. The smallest absolute Gasteiger partial charge is 0.357 e. The number of guanidine groups is 1. The molecule has 1 heterocycles. The first-order valence-corrected chi connectivity index (χ1v) is 6.55. The normalized spacial score (nSPS) is 12.6. The maximum Gasteiger partial charge on any atom is 0.390 e. The highest BCUT2D eigenvalue weighted by Gasteiger charge is 2.26. The van der Waals surface area contributed by atoms with E-state index >= 15 is 0 Å². The van der Waals surface area contributed by atoms with Crippen LogP contribution in [0.5, 0.6) is 0 Å². The molecule has 0 saturated carbocycles. The van der Waals surface area contributed by atoms with Crippen LogP contribution in [0, 0.1) is 0 Å². The molecule has 102 valence electrons. The molecule has 3 nitrogen and oxygen atoms in total. The predicted octanol–water partition coefficient (Wildman–Crippen LogP) is 2.76. The summed E-state index contributed by atoms with van der Waals surface area (Å²) in [7, 11) is 0. The van der Waals surface area contributed by atoms with E-state index < -0.39 is 12.6 Å². The Hall–Kier alpha value is -1.24. The second-order valence-corrected chi connectivity index (χ2v) is 4.40. The molecule has 7 heteroatoms. The van der Waals surface area contributed by atoms with Crippen molar-refractivity contribution in [2.75, 3.05) is 13.1 Å². The van der Waals surface area contributed by atoms with E-state index in [-0.39, 0.29) is 6.54 Å². The lowest BCUT2D eigenvalue weighted by Gasteiger charge is -2.12. The third-order valence-electron chi connectivity index (χ3n) is 2.04. The fourth-order valence-corrected chi connectivity index (χ4v) is 1.88. The van der Waals surface area contributed by atoms with Crippen LogP contribution in [0.15, 0.2) is 21.8 Å². The van der Waals surface area contributed by atoms with Crippen LogP contribution in [0.1, 0.15) is 18.9 Å². The molecule has 0 aliphatic heterocycles. The van der Waals surface area contributed by atoms with Crippen LogP contribution in [-0.4, -0.2) is 25.2 Å². The van der Waals surface area contributed by atoms with Gasteiger partial charge < -0.3 is 10.6 Å². The third kappa shape index (κ3) is 6.48. The molecule has 0 amide bonds. The molecule has 0 unspecified atom stereocenters. The van der Waals surface area contributed by atoms with Gasteiger partial charge in [-0.05, 0) is 29.3 Å². The van der Waals surface area contributed by atoms with Crippen LogP contribution in [0.4, 0.5) is 13.2 Å². The number of rotatable bonds is 5. The van der Waals surface area contributed by atoms with Crippen molar-refractivity contribution in [1.29, 1.82) is 0 Å². The Labute approximate surface area is 108 Å². The van der Waals surface area contributed by atoms with E-state index in [2.05, 4.69) is 15.6 Å². The topological polar surface area (TPSA) is 36.4 Å². The first kappa shape index (κ1) is 14.8. The number of hydrogen-bond donors (Lipinski definition) is 2. The van der Waals surface area contributed by atoms with E-state index in [1.54, 1.807) is 11.3 Å². The van der Waals surface area contributed by atoms with E-state index in [1.807, 2.05) is 23.8 Å². The van der Waals surface area contributed by atoms with Crippen LogP contribution < -0.4 is 10.6 Å². The van der Waals surface area contributed by atoms with Gasteiger partial charge in [0.2, 0.25) is 0 Å². The van der Waals surface area contributed by atoms with Crippen LogP contribution in [0.3, 0.4) is 0 Å². The van der Waals surface area contributed by atoms with Gasteiger partial charge in [-0.1, -0.05) is 0 Å². The van der Waals surface area contributed by atoms with Gasteiger partial charge in [-0.2, -0.15) is 24.5 Å². The highest BCUT2D eigenvalue weighted by atomic mass is 32.1. The number of nitrogens with zero attached hydrogens (tertiary/aromatic N) is 1. The maximum atomic E-state index is 12.0. The Bertz CT molecular complexity index is 360. The number of alkyl halides is 3. The second-order valence-electron chi connectivity index (χ2n) is 3.62. The lowest BCUT2D eigenvalue weighted by molar-refractivity contribution is -0.132. The minimum absolute atomic E-state index is 0.168. The Morgan fingerprint density at radius 1 is 1.39 bits per heavy atom. The summed E-state index contributed by atoms with van der Waals surface area (Å²) in [6.45, 7) is 2.77. The molecule has 0 fully saturated rings. The number of nitrogens with one attached hydrogen (secondary N) is 2. The molecule has 0 aliphatic rings. The van der Waals surface area contributed by atoms with E-state index in [4.69, 9.17) is 0 Å². The molecule has 0 aromatic carbocycles. The minimum Gasteiger partial charge on any atom is -0.357 e. The number of hydrogen-bond acceptors (Lipinski definition) is 2. The molecule has 0 spiro atoms. The summed E-state index contributed by atoms with van der Waals surface area (Å²) >= 11 is 1.57. The second kappa shape index (κ2) is 7.25. The van der Waals surface area contributed by atoms with Crippen molar-refractivity contribution in [2.45, 2.75) is 26.1 Å². The summed E-state index contributed by atoms with van der Waals surface area (Å²) in [4.78, 5) is 4.21. The molecular formula is C11H16F3N3S. The number of thiophene rings is 1. The molecule has 0 bridgehead atoms. The fourth-order valence-electron chi connectivity index (χ4n) is 1.22. The summed E-state index contributed by atoms with van der Waals surface area (Å²) in [6, 6.07) is 1.94. The van der Waals surface area contributed by atoms with Crippen molar-refractivity contribution in [3.05, 3.63) is 22.4 Å². The van der Waals surface area contributed by atoms with E-state index in [0.717, 1.165) is 5.56 Å². The fraction of sp³-hybridized carbons (Fsp3) is 0.545. The minimum atomic E-state index is -4.14. The predicted molar refractivity (Wildman–Crippen MR) is 67.8 cm³/mol. The van der Waals surface area contributed by atoms with Crippen LogP contribution in [0.2, 0.25) is 0 Å². The quantitative estimate of drug-likeness (QED) is 0.642. The van der Waals surface area contributed by atoms with Gasteiger partial charge >= 0.3 is 6.18 Å². The Morgan fingerprint density at radius 2 is 2.17 bits per heavy atom. The van der Waals surface area contributed by atoms with Gasteiger partial charge in [-0.25, -0.2) is 4.99 Å². The van der Waals surface area contributed by atoms with Crippen LogP contribution >= 0.6 is 11.3 Å². The summed E-state index contributed by atoms with van der Waals surface area (Å²) < 4.78 is 36.0. The van der Waals surface area contributed by atoms with Crippen molar-refractivity contribution in [3.63, 3.8) is 0 Å². The molecule has 0 radical (unpaired) electrons. The van der Waals surface area contributed by atoms with Crippen LogP contribution in [0.25, 0.3) is 0 Å². The number of aliphatic imine (C=N–C) groups is 1.